The van der Waals surface area contributed by atoms with E-state index in [4.69, 9.17) is 0 Å². The van der Waals surface area contributed by atoms with Gasteiger partial charge < -0.3 is 9.88 Å². The summed E-state index contributed by atoms with van der Waals surface area (Å²) in [7, 11) is -2.86. The number of rotatable bonds is 3. The van der Waals surface area contributed by atoms with E-state index >= 15 is 0 Å². The van der Waals surface area contributed by atoms with Gasteiger partial charge in [0.25, 0.3) is 0 Å². The van der Waals surface area contributed by atoms with Crippen molar-refractivity contribution in [3.63, 3.8) is 0 Å². The highest BCUT2D eigenvalue weighted by Gasteiger charge is 2.27. The van der Waals surface area contributed by atoms with E-state index in [0.29, 0.717) is 6.42 Å². The van der Waals surface area contributed by atoms with E-state index in [1.165, 1.54) is 19.3 Å². The predicted octanol–water partition coefficient (Wildman–Crippen LogP) is 2.27. The molecule has 0 bridgehead atoms. The molecule has 4 rings (SSSR count). The van der Waals surface area contributed by atoms with Crippen LogP contribution in [-0.2, 0) is 22.8 Å². The van der Waals surface area contributed by atoms with Gasteiger partial charge in [-0.25, -0.2) is 8.42 Å². The van der Waals surface area contributed by atoms with Crippen molar-refractivity contribution in [2.75, 3.05) is 16.8 Å². The van der Waals surface area contributed by atoms with Crippen LogP contribution in [0.5, 0.6) is 0 Å². The molecule has 2 aromatic rings. The number of fused-ring (bicyclic) bond motifs is 1. The van der Waals surface area contributed by atoms with Crippen molar-refractivity contribution in [1.82, 2.24) is 14.8 Å². The number of benzene rings is 1. The van der Waals surface area contributed by atoms with Crippen LogP contribution in [0, 0.1) is 0 Å². The summed E-state index contributed by atoms with van der Waals surface area (Å²) >= 11 is 0. The highest BCUT2D eigenvalue weighted by molar-refractivity contribution is 7.91. The largest absolute Gasteiger partial charge is 0.381 e. The third kappa shape index (κ3) is 3.17. The van der Waals surface area contributed by atoms with Crippen LogP contribution >= 0.6 is 0 Å². The van der Waals surface area contributed by atoms with Crippen molar-refractivity contribution >= 4 is 15.5 Å². The Morgan fingerprint density at radius 1 is 1.08 bits per heavy atom. The number of nitrogens with zero attached hydrogens (tertiary/aromatic N) is 3. The molecule has 6 nitrogen and oxygen atoms in total. The third-order valence-electron chi connectivity index (χ3n) is 4.86. The zero-order valence-corrected chi connectivity index (χ0v) is 14.4. The average molecular weight is 346 g/mol. The Labute approximate surface area is 142 Å². The standard InChI is InChI=1S/C17H22N4O2S/c22-24(23)11-9-15(12-24)18-14-7-5-13(6-8-14)17-20-19-16-4-2-1-3-10-21(16)17/h5-8,15,18H,1-4,9-12H2. The van der Waals surface area contributed by atoms with Crippen LogP contribution in [0.2, 0.25) is 0 Å². The normalized spacial score (nSPS) is 22.8. The lowest BCUT2D eigenvalue weighted by Gasteiger charge is -2.13. The molecule has 0 aliphatic carbocycles. The molecule has 3 heterocycles. The topological polar surface area (TPSA) is 76.9 Å². The highest BCUT2D eigenvalue weighted by atomic mass is 32.2. The predicted molar refractivity (Wildman–Crippen MR) is 93.7 cm³/mol. The Bertz CT molecular complexity index is 827. The van der Waals surface area contributed by atoms with Crippen molar-refractivity contribution in [1.29, 1.82) is 0 Å². The van der Waals surface area contributed by atoms with E-state index in [-0.39, 0.29) is 17.5 Å². The lowest BCUT2D eigenvalue weighted by molar-refractivity contribution is 0.602. The number of nitrogens with one attached hydrogen (secondary N) is 1. The quantitative estimate of drug-likeness (QED) is 0.922. The summed E-state index contributed by atoms with van der Waals surface area (Å²) in [6, 6.07) is 8.09. The minimum atomic E-state index is -2.86. The van der Waals surface area contributed by atoms with Crippen LogP contribution in [0.4, 0.5) is 5.69 Å². The maximum Gasteiger partial charge on any atom is 0.163 e. The molecule has 0 radical (unpaired) electrons. The summed E-state index contributed by atoms with van der Waals surface area (Å²) in [6.45, 7) is 0.984. The van der Waals surface area contributed by atoms with Gasteiger partial charge in [-0.1, -0.05) is 6.42 Å². The molecule has 1 atom stereocenters. The summed E-state index contributed by atoms with van der Waals surface area (Å²) in [5.41, 5.74) is 2.01. The molecule has 0 spiro atoms. The fourth-order valence-electron chi connectivity index (χ4n) is 3.56. The molecule has 1 N–H and O–H groups in total. The van der Waals surface area contributed by atoms with Gasteiger partial charge >= 0.3 is 0 Å². The molecule has 1 aromatic heterocycles. The second-order valence-corrected chi connectivity index (χ2v) is 8.95. The van der Waals surface area contributed by atoms with Gasteiger partial charge in [-0.3, -0.25) is 0 Å². The van der Waals surface area contributed by atoms with Crippen molar-refractivity contribution < 1.29 is 8.42 Å². The molecule has 24 heavy (non-hydrogen) atoms. The molecule has 2 aliphatic rings. The van der Waals surface area contributed by atoms with Crippen LogP contribution in [0.25, 0.3) is 11.4 Å². The summed E-state index contributed by atoms with van der Waals surface area (Å²) in [5, 5.41) is 12.0. The first-order valence-electron chi connectivity index (χ1n) is 8.60. The van der Waals surface area contributed by atoms with Crippen molar-refractivity contribution in [2.24, 2.45) is 0 Å². The zero-order chi connectivity index (χ0) is 16.6. The Balaban J connectivity index is 1.51. The Morgan fingerprint density at radius 3 is 2.67 bits per heavy atom. The molecule has 1 fully saturated rings. The number of hydrogen-bond donors (Lipinski definition) is 1. The van der Waals surface area contributed by atoms with Gasteiger partial charge in [0.2, 0.25) is 0 Å². The first-order valence-corrected chi connectivity index (χ1v) is 10.4. The minimum Gasteiger partial charge on any atom is -0.381 e. The van der Waals surface area contributed by atoms with Crippen LogP contribution < -0.4 is 5.32 Å². The fraction of sp³-hybridized carbons (Fsp3) is 0.529. The first-order chi connectivity index (χ1) is 11.6. The maximum atomic E-state index is 11.5. The SMILES string of the molecule is O=S1(=O)CCC(Nc2ccc(-c3nnc4n3CCCCC4)cc2)C1. The van der Waals surface area contributed by atoms with Gasteiger partial charge in [0.1, 0.15) is 5.82 Å². The number of sulfone groups is 1. The Hall–Kier alpha value is -1.89. The fourth-order valence-corrected chi connectivity index (χ4v) is 5.23. The molecular formula is C17H22N4O2S. The Kier molecular flexibility index (Phi) is 4.04. The summed E-state index contributed by atoms with van der Waals surface area (Å²) < 4.78 is 25.3. The average Bonchev–Trinajstić information content (AvgIpc) is 3.03. The van der Waals surface area contributed by atoms with Crippen molar-refractivity contribution in [3.8, 4) is 11.4 Å². The number of hydrogen-bond acceptors (Lipinski definition) is 5. The minimum absolute atomic E-state index is 0.0187. The molecule has 1 saturated heterocycles. The second kappa shape index (κ2) is 6.20. The molecule has 2 aliphatic heterocycles. The maximum absolute atomic E-state index is 11.5. The van der Waals surface area contributed by atoms with E-state index in [9.17, 15) is 8.42 Å². The lowest BCUT2D eigenvalue weighted by atomic mass is 10.1. The van der Waals surface area contributed by atoms with Gasteiger partial charge in [-0.15, -0.1) is 10.2 Å². The number of aromatic nitrogens is 3. The lowest BCUT2D eigenvalue weighted by Crippen LogP contribution is -2.20. The summed E-state index contributed by atoms with van der Waals surface area (Å²) in [4.78, 5) is 0. The highest BCUT2D eigenvalue weighted by Crippen LogP contribution is 2.25. The van der Waals surface area contributed by atoms with E-state index in [2.05, 4.69) is 20.1 Å². The van der Waals surface area contributed by atoms with E-state index in [1.807, 2.05) is 24.3 Å². The van der Waals surface area contributed by atoms with Gasteiger partial charge in [0.05, 0.1) is 11.5 Å². The van der Waals surface area contributed by atoms with Gasteiger partial charge in [-0.05, 0) is 43.5 Å². The molecule has 7 heteroatoms. The smallest absolute Gasteiger partial charge is 0.163 e. The van der Waals surface area contributed by atoms with Crippen molar-refractivity contribution in [2.45, 2.75) is 44.7 Å². The van der Waals surface area contributed by atoms with Crippen LogP contribution in [0.3, 0.4) is 0 Å². The molecule has 1 aromatic carbocycles. The first kappa shape index (κ1) is 15.6. The third-order valence-corrected chi connectivity index (χ3v) is 6.62. The molecule has 0 amide bonds. The number of anilines is 1. The molecule has 1 unspecified atom stereocenters. The van der Waals surface area contributed by atoms with Crippen LogP contribution in [0.1, 0.15) is 31.5 Å². The molecular weight excluding hydrogens is 324 g/mol. The summed E-state index contributed by atoms with van der Waals surface area (Å²) in [6.07, 6.45) is 5.29. The van der Waals surface area contributed by atoms with Gasteiger partial charge in [0.15, 0.2) is 15.7 Å². The molecule has 0 saturated carbocycles. The monoisotopic (exact) mass is 346 g/mol. The van der Waals surface area contributed by atoms with Gasteiger partial charge in [-0.2, -0.15) is 0 Å². The van der Waals surface area contributed by atoms with Crippen LogP contribution in [-0.4, -0.2) is 40.7 Å². The van der Waals surface area contributed by atoms with E-state index < -0.39 is 9.84 Å². The second-order valence-electron chi connectivity index (χ2n) is 6.72. The Morgan fingerprint density at radius 2 is 1.92 bits per heavy atom. The van der Waals surface area contributed by atoms with E-state index in [0.717, 1.165) is 35.9 Å². The summed E-state index contributed by atoms with van der Waals surface area (Å²) in [5.74, 6) is 2.53. The zero-order valence-electron chi connectivity index (χ0n) is 13.6. The van der Waals surface area contributed by atoms with E-state index in [1.54, 1.807) is 0 Å². The van der Waals surface area contributed by atoms with Crippen LogP contribution in [0.15, 0.2) is 24.3 Å². The van der Waals surface area contributed by atoms with Crippen molar-refractivity contribution in [3.05, 3.63) is 30.1 Å². The van der Waals surface area contributed by atoms with Gasteiger partial charge in [0, 0.05) is 30.3 Å². The number of aryl methyl sites for hydroxylation is 1. The molecule has 128 valence electrons.